The van der Waals surface area contributed by atoms with Crippen LogP contribution in [0.25, 0.3) is 0 Å². The predicted octanol–water partition coefficient (Wildman–Crippen LogP) is 3.26. The molecule has 0 bridgehead atoms. The van der Waals surface area contributed by atoms with Gasteiger partial charge in [-0.1, -0.05) is 19.1 Å². The maximum absolute atomic E-state index is 13.2. The van der Waals surface area contributed by atoms with Crippen LogP contribution in [0.2, 0.25) is 0 Å². The van der Waals surface area contributed by atoms with E-state index in [9.17, 15) is 9.50 Å². The Hall–Kier alpha value is -1.61. The van der Waals surface area contributed by atoms with Gasteiger partial charge in [-0.3, -0.25) is 0 Å². The van der Waals surface area contributed by atoms with Gasteiger partial charge in [0.2, 0.25) is 0 Å². The minimum Gasteiger partial charge on any atom is -0.472 e. The minimum absolute atomic E-state index is 0.332. The van der Waals surface area contributed by atoms with E-state index in [2.05, 4.69) is 0 Å². The first-order valence-electron chi connectivity index (χ1n) is 5.63. The van der Waals surface area contributed by atoms with Gasteiger partial charge >= 0.3 is 0 Å². The Bertz CT molecular complexity index is 479. The van der Waals surface area contributed by atoms with Crippen LogP contribution in [0, 0.1) is 5.82 Å². The average molecular weight is 234 g/mol. The van der Waals surface area contributed by atoms with Gasteiger partial charge in [0.15, 0.2) is 0 Å². The molecule has 17 heavy (non-hydrogen) atoms. The van der Waals surface area contributed by atoms with E-state index < -0.39 is 5.60 Å². The Labute approximate surface area is 99.7 Å². The fourth-order valence-electron chi connectivity index (χ4n) is 1.94. The summed E-state index contributed by atoms with van der Waals surface area (Å²) in [5.41, 5.74) is 0.450. The van der Waals surface area contributed by atoms with Crippen molar-refractivity contribution >= 4 is 0 Å². The fraction of sp³-hybridized carbons (Fsp3) is 0.286. The second-order valence-corrected chi connectivity index (χ2v) is 4.20. The second-order valence-electron chi connectivity index (χ2n) is 4.20. The Morgan fingerprint density at radius 2 is 2.18 bits per heavy atom. The lowest BCUT2D eigenvalue weighted by molar-refractivity contribution is 0.0323. The van der Waals surface area contributed by atoms with Gasteiger partial charge in [-0.25, -0.2) is 4.39 Å². The highest BCUT2D eigenvalue weighted by Crippen LogP contribution is 2.29. The van der Waals surface area contributed by atoms with Crippen LogP contribution in [0.3, 0.4) is 0 Å². The van der Waals surface area contributed by atoms with Crippen LogP contribution in [0.15, 0.2) is 47.3 Å². The summed E-state index contributed by atoms with van der Waals surface area (Å²) in [6.07, 6.45) is 4.10. The molecule has 0 fully saturated rings. The molecule has 1 N–H and O–H groups in total. The minimum atomic E-state index is -1.05. The number of furan rings is 1. The van der Waals surface area contributed by atoms with Gasteiger partial charge in [-0.15, -0.1) is 0 Å². The molecule has 0 aliphatic heterocycles. The van der Waals surface area contributed by atoms with Crippen molar-refractivity contribution in [2.45, 2.75) is 25.4 Å². The van der Waals surface area contributed by atoms with Crippen LogP contribution < -0.4 is 0 Å². The third kappa shape index (κ3) is 2.56. The van der Waals surface area contributed by atoms with Crippen LogP contribution in [0.1, 0.15) is 24.5 Å². The molecule has 3 heteroatoms. The first-order valence-corrected chi connectivity index (χ1v) is 5.63. The maximum atomic E-state index is 13.2. The molecular weight excluding hydrogens is 219 g/mol. The van der Waals surface area contributed by atoms with Crippen LogP contribution >= 0.6 is 0 Å². The highest BCUT2D eigenvalue weighted by molar-refractivity contribution is 5.26. The van der Waals surface area contributed by atoms with Crippen molar-refractivity contribution in [2.24, 2.45) is 0 Å². The third-order valence-electron chi connectivity index (χ3n) is 3.02. The molecule has 1 unspecified atom stereocenters. The Balaban J connectivity index is 2.30. The zero-order valence-electron chi connectivity index (χ0n) is 9.69. The van der Waals surface area contributed by atoms with Crippen molar-refractivity contribution < 1.29 is 13.9 Å². The van der Waals surface area contributed by atoms with E-state index in [1.54, 1.807) is 30.7 Å². The Kier molecular flexibility index (Phi) is 3.29. The number of halogens is 1. The van der Waals surface area contributed by atoms with Crippen molar-refractivity contribution in [2.75, 3.05) is 0 Å². The summed E-state index contributed by atoms with van der Waals surface area (Å²) in [6.45, 7) is 1.88. The molecule has 2 nitrogen and oxygen atoms in total. The average Bonchev–Trinajstić information content (AvgIpc) is 2.81. The van der Waals surface area contributed by atoms with Crippen molar-refractivity contribution in [1.82, 2.24) is 0 Å². The van der Waals surface area contributed by atoms with Crippen molar-refractivity contribution in [3.8, 4) is 0 Å². The number of rotatable bonds is 4. The maximum Gasteiger partial charge on any atom is 0.123 e. The topological polar surface area (TPSA) is 33.4 Å². The van der Waals surface area contributed by atoms with Crippen LogP contribution in [-0.4, -0.2) is 5.11 Å². The highest BCUT2D eigenvalue weighted by Gasteiger charge is 2.28. The van der Waals surface area contributed by atoms with E-state index in [0.717, 1.165) is 5.56 Å². The molecule has 1 atom stereocenters. The molecule has 0 saturated carbocycles. The Morgan fingerprint density at radius 3 is 2.76 bits per heavy atom. The van der Waals surface area contributed by atoms with E-state index in [-0.39, 0.29) is 5.82 Å². The Morgan fingerprint density at radius 1 is 1.35 bits per heavy atom. The molecule has 0 amide bonds. The lowest BCUT2D eigenvalue weighted by Gasteiger charge is -2.27. The standard InChI is InChI=1S/C14H15FO2/c1-2-14(16,9-11-6-7-17-10-11)12-4-3-5-13(15)8-12/h3-8,10,16H,2,9H2,1H3. The molecule has 2 rings (SSSR count). The molecule has 0 aliphatic rings. The summed E-state index contributed by atoms with van der Waals surface area (Å²) in [7, 11) is 0. The van der Waals surface area contributed by atoms with Gasteiger partial charge < -0.3 is 9.52 Å². The van der Waals surface area contributed by atoms with E-state index in [4.69, 9.17) is 4.42 Å². The van der Waals surface area contributed by atoms with Crippen LogP contribution in [0.5, 0.6) is 0 Å². The normalized spacial score (nSPS) is 14.5. The second kappa shape index (κ2) is 4.72. The molecule has 1 aromatic heterocycles. The number of hydrogen-bond donors (Lipinski definition) is 1. The summed E-state index contributed by atoms with van der Waals surface area (Å²) in [4.78, 5) is 0. The molecular formula is C14H15FO2. The molecule has 0 saturated heterocycles. The van der Waals surface area contributed by atoms with Crippen LogP contribution in [-0.2, 0) is 12.0 Å². The molecule has 90 valence electrons. The van der Waals surface area contributed by atoms with E-state index in [1.807, 2.05) is 6.92 Å². The molecule has 0 radical (unpaired) electrons. The molecule has 0 aliphatic carbocycles. The monoisotopic (exact) mass is 234 g/mol. The van der Waals surface area contributed by atoms with E-state index in [0.29, 0.717) is 18.4 Å². The summed E-state index contributed by atoms with van der Waals surface area (Å²) in [6, 6.07) is 7.91. The van der Waals surface area contributed by atoms with Gasteiger partial charge in [0.05, 0.1) is 18.1 Å². The lowest BCUT2D eigenvalue weighted by Crippen LogP contribution is -2.27. The zero-order valence-corrected chi connectivity index (χ0v) is 9.69. The van der Waals surface area contributed by atoms with Gasteiger partial charge in [-0.05, 0) is 35.7 Å². The smallest absolute Gasteiger partial charge is 0.123 e. The first-order chi connectivity index (χ1) is 8.14. The number of aliphatic hydroxyl groups is 1. The first kappa shape index (κ1) is 11.9. The van der Waals surface area contributed by atoms with Crippen molar-refractivity contribution in [1.29, 1.82) is 0 Å². The largest absolute Gasteiger partial charge is 0.472 e. The van der Waals surface area contributed by atoms with Gasteiger partial charge in [-0.2, -0.15) is 0 Å². The summed E-state index contributed by atoms with van der Waals surface area (Å²) >= 11 is 0. The van der Waals surface area contributed by atoms with Crippen LogP contribution in [0.4, 0.5) is 4.39 Å². The third-order valence-corrected chi connectivity index (χ3v) is 3.02. The van der Waals surface area contributed by atoms with Crippen molar-refractivity contribution in [3.05, 3.63) is 59.8 Å². The SMILES string of the molecule is CCC(O)(Cc1ccoc1)c1cccc(F)c1. The van der Waals surface area contributed by atoms with Gasteiger partial charge in [0.1, 0.15) is 5.82 Å². The summed E-state index contributed by atoms with van der Waals surface area (Å²) < 4.78 is 18.2. The number of hydrogen-bond acceptors (Lipinski definition) is 2. The number of benzene rings is 1. The molecule has 0 spiro atoms. The molecule has 1 aromatic carbocycles. The summed E-state index contributed by atoms with van der Waals surface area (Å²) in [5.74, 6) is -0.332. The zero-order chi connectivity index (χ0) is 12.3. The van der Waals surface area contributed by atoms with Gasteiger partial charge in [0.25, 0.3) is 0 Å². The molecule has 2 aromatic rings. The fourth-order valence-corrected chi connectivity index (χ4v) is 1.94. The van der Waals surface area contributed by atoms with Gasteiger partial charge in [0, 0.05) is 6.42 Å². The quantitative estimate of drug-likeness (QED) is 0.880. The molecule has 1 heterocycles. The van der Waals surface area contributed by atoms with E-state index in [1.165, 1.54) is 12.1 Å². The van der Waals surface area contributed by atoms with Crippen molar-refractivity contribution in [3.63, 3.8) is 0 Å². The predicted molar refractivity (Wildman–Crippen MR) is 63.0 cm³/mol. The highest BCUT2D eigenvalue weighted by atomic mass is 19.1. The van der Waals surface area contributed by atoms with E-state index >= 15 is 0 Å². The summed E-state index contributed by atoms with van der Waals surface area (Å²) in [5, 5.41) is 10.6. The lowest BCUT2D eigenvalue weighted by atomic mass is 9.86.